The highest BCUT2D eigenvalue weighted by Crippen LogP contribution is 2.18. The van der Waals surface area contributed by atoms with E-state index in [1.54, 1.807) is 0 Å². The summed E-state index contributed by atoms with van der Waals surface area (Å²) in [5.41, 5.74) is 0. The average molecular weight is 210 g/mol. The van der Waals surface area contributed by atoms with Crippen molar-refractivity contribution in [3.05, 3.63) is 0 Å². The van der Waals surface area contributed by atoms with E-state index < -0.39 is 0 Å². The van der Waals surface area contributed by atoms with Gasteiger partial charge in [-0.3, -0.25) is 0 Å². The first-order valence-corrected chi connectivity index (χ1v) is 6.81. The SMILES string of the molecule is CC1CCNC(CNC2CCCCC2)C1. The highest BCUT2D eigenvalue weighted by atomic mass is 15.0. The fourth-order valence-corrected chi connectivity index (χ4v) is 2.99. The zero-order valence-corrected chi connectivity index (χ0v) is 10.1. The van der Waals surface area contributed by atoms with E-state index in [4.69, 9.17) is 0 Å². The molecule has 2 unspecified atom stereocenters. The van der Waals surface area contributed by atoms with Gasteiger partial charge in [-0.25, -0.2) is 0 Å². The summed E-state index contributed by atoms with van der Waals surface area (Å²) in [4.78, 5) is 0. The first-order chi connectivity index (χ1) is 7.34. The minimum Gasteiger partial charge on any atom is -0.313 e. The fraction of sp³-hybridized carbons (Fsp3) is 1.00. The van der Waals surface area contributed by atoms with E-state index in [-0.39, 0.29) is 0 Å². The van der Waals surface area contributed by atoms with Crippen LogP contribution >= 0.6 is 0 Å². The summed E-state index contributed by atoms with van der Waals surface area (Å²) in [5.74, 6) is 0.921. The molecular weight excluding hydrogens is 184 g/mol. The van der Waals surface area contributed by atoms with Crippen LogP contribution in [0.2, 0.25) is 0 Å². The second-order valence-corrected chi connectivity index (χ2v) is 5.52. The molecule has 2 fully saturated rings. The van der Waals surface area contributed by atoms with Crippen LogP contribution in [0.15, 0.2) is 0 Å². The van der Waals surface area contributed by atoms with Gasteiger partial charge in [0.1, 0.15) is 0 Å². The van der Waals surface area contributed by atoms with Crippen molar-refractivity contribution in [2.45, 2.75) is 64.0 Å². The molecule has 15 heavy (non-hydrogen) atoms. The Hall–Kier alpha value is -0.0800. The van der Waals surface area contributed by atoms with E-state index in [1.807, 2.05) is 0 Å². The molecule has 2 rings (SSSR count). The minimum atomic E-state index is 0.732. The lowest BCUT2D eigenvalue weighted by atomic mass is 9.92. The van der Waals surface area contributed by atoms with Gasteiger partial charge in [-0.1, -0.05) is 26.2 Å². The lowest BCUT2D eigenvalue weighted by molar-refractivity contribution is 0.287. The Labute approximate surface area is 94.2 Å². The van der Waals surface area contributed by atoms with Crippen molar-refractivity contribution < 1.29 is 0 Å². The quantitative estimate of drug-likeness (QED) is 0.747. The monoisotopic (exact) mass is 210 g/mol. The van der Waals surface area contributed by atoms with Crippen LogP contribution in [0, 0.1) is 5.92 Å². The summed E-state index contributed by atoms with van der Waals surface area (Å²) in [7, 11) is 0. The molecule has 88 valence electrons. The second-order valence-electron chi connectivity index (χ2n) is 5.52. The number of hydrogen-bond donors (Lipinski definition) is 2. The number of piperidine rings is 1. The zero-order chi connectivity index (χ0) is 10.5. The smallest absolute Gasteiger partial charge is 0.0195 e. The first-order valence-electron chi connectivity index (χ1n) is 6.81. The average Bonchev–Trinajstić information content (AvgIpc) is 2.28. The third kappa shape index (κ3) is 3.76. The fourth-order valence-electron chi connectivity index (χ4n) is 2.99. The van der Waals surface area contributed by atoms with E-state index in [1.165, 1.54) is 58.0 Å². The molecule has 2 aliphatic rings. The minimum absolute atomic E-state index is 0.732. The van der Waals surface area contributed by atoms with Gasteiger partial charge < -0.3 is 10.6 Å². The zero-order valence-electron chi connectivity index (χ0n) is 10.1. The van der Waals surface area contributed by atoms with Gasteiger partial charge in [0.2, 0.25) is 0 Å². The number of nitrogens with one attached hydrogen (secondary N) is 2. The van der Waals surface area contributed by atoms with Crippen molar-refractivity contribution in [3.63, 3.8) is 0 Å². The van der Waals surface area contributed by atoms with Crippen molar-refractivity contribution in [1.82, 2.24) is 10.6 Å². The standard InChI is InChI=1S/C13H26N2/c1-11-7-8-14-13(9-11)10-15-12-5-3-2-4-6-12/h11-15H,2-10H2,1H3. The van der Waals surface area contributed by atoms with E-state index in [0.29, 0.717) is 0 Å². The summed E-state index contributed by atoms with van der Waals surface area (Å²) in [6.07, 6.45) is 9.86. The van der Waals surface area contributed by atoms with Crippen molar-refractivity contribution >= 4 is 0 Å². The van der Waals surface area contributed by atoms with Crippen LogP contribution in [0.1, 0.15) is 51.9 Å². The van der Waals surface area contributed by atoms with Crippen molar-refractivity contribution in [2.75, 3.05) is 13.1 Å². The van der Waals surface area contributed by atoms with E-state index in [0.717, 1.165) is 18.0 Å². The van der Waals surface area contributed by atoms with Gasteiger partial charge in [0.05, 0.1) is 0 Å². The Morgan fingerprint density at radius 1 is 1.13 bits per heavy atom. The largest absolute Gasteiger partial charge is 0.313 e. The van der Waals surface area contributed by atoms with Crippen molar-refractivity contribution in [3.8, 4) is 0 Å². The van der Waals surface area contributed by atoms with Gasteiger partial charge in [-0.2, -0.15) is 0 Å². The maximum absolute atomic E-state index is 3.75. The molecule has 1 saturated carbocycles. The molecule has 2 atom stereocenters. The Kier molecular flexibility index (Phi) is 4.45. The first kappa shape index (κ1) is 11.4. The maximum atomic E-state index is 3.75. The number of hydrogen-bond acceptors (Lipinski definition) is 2. The molecule has 1 aliphatic carbocycles. The molecular formula is C13H26N2. The van der Waals surface area contributed by atoms with Crippen LogP contribution in [0.3, 0.4) is 0 Å². The molecule has 0 bridgehead atoms. The highest BCUT2D eigenvalue weighted by molar-refractivity contribution is 4.80. The normalized spacial score (nSPS) is 34.2. The highest BCUT2D eigenvalue weighted by Gasteiger charge is 2.19. The maximum Gasteiger partial charge on any atom is 0.0195 e. The molecule has 0 aromatic carbocycles. The molecule has 0 radical (unpaired) electrons. The third-order valence-electron chi connectivity index (χ3n) is 4.02. The van der Waals surface area contributed by atoms with Crippen LogP contribution in [-0.4, -0.2) is 25.2 Å². The summed E-state index contributed by atoms with van der Waals surface area (Å²) in [6.45, 7) is 4.79. The molecule has 1 heterocycles. The summed E-state index contributed by atoms with van der Waals surface area (Å²) in [5, 5.41) is 7.38. The Morgan fingerprint density at radius 3 is 2.67 bits per heavy atom. The van der Waals surface area contributed by atoms with Gasteiger partial charge in [-0.15, -0.1) is 0 Å². The molecule has 0 aromatic heterocycles. The molecule has 0 amide bonds. The molecule has 1 saturated heterocycles. The van der Waals surface area contributed by atoms with E-state index in [2.05, 4.69) is 17.6 Å². The van der Waals surface area contributed by atoms with Gasteiger partial charge >= 0.3 is 0 Å². The molecule has 2 heteroatoms. The number of rotatable bonds is 3. The summed E-state index contributed by atoms with van der Waals surface area (Å²) < 4.78 is 0. The molecule has 2 nitrogen and oxygen atoms in total. The summed E-state index contributed by atoms with van der Waals surface area (Å²) >= 11 is 0. The topological polar surface area (TPSA) is 24.1 Å². The van der Waals surface area contributed by atoms with Crippen LogP contribution < -0.4 is 10.6 Å². The predicted octanol–water partition coefficient (Wildman–Crippen LogP) is 2.30. The lowest BCUT2D eigenvalue weighted by Crippen LogP contribution is -2.46. The molecule has 1 aliphatic heterocycles. The van der Waals surface area contributed by atoms with Crippen LogP contribution in [0.25, 0.3) is 0 Å². The lowest BCUT2D eigenvalue weighted by Gasteiger charge is -2.31. The van der Waals surface area contributed by atoms with Gasteiger partial charge in [0.15, 0.2) is 0 Å². The van der Waals surface area contributed by atoms with E-state index >= 15 is 0 Å². The van der Waals surface area contributed by atoms with Crippen LogP contribution in [-0.2, 0) is 0 Å². The Bertz CT molecular complexity index is 175. The third-order valence-corrected chi connectivity index (χ3v) is 4.02. The summed E-state index contributed by atoms with van der Waals surface area (Å²) in [6, 6.07) is 1.55. The van der Waals surface area contributed by atoms with Crippen molar-refractivity contribution in [2.24, 2.45) is 5.92 Å². The second kappa shape index (κ2) is 5.86. The van der Waals surface area contributed by atoms with Crippen LogP contribution in [0.5, 0.6) is 0 Å². The molecule has 2 N–H and O–H groups in total. The van der Waals surface area contributed by atoms with Crippen LogP contribution in [0.4, 0.5) is 0 Å². The molecule has 0 aromatic rings. The van der Waals surface area contributed by atoms with E-state index in [9.17, 15) is 0 Å². The molecule has 0 spiro atoms. The Morgan fingerprint density at radius 2 is 1.93 bits per heavy atom. The van der Waals surface area contributed by atoms with Crippen molar-refractivity contribution in [1.29, 1.82) is 0 Å². The van der Waals surface area contributed by atoms with Gasteiger partial charge in [0.25, 0.3) is 0 Å². The van der Waals surface area contributed by atoms with Gasteiger partial charge in [-0.05, 0) is 38.1 Å². The Balaban J connectivity index is 1.63. The predicted molar refractivity (Wildman–Crippen MR) is 65.1 cm³/mol. The van der Waals surface area contributed by atoms with Gasteiger partial charge in [0, 0.05) is 18.6 Å².